The number of hydrogen-bond acceptors (Lipinski definition) is 2. The highest BCUT2D eigenvalue weighted by Crippen LogP contribution is 2.36. The van der Waals surface area contributed by atoms with E-state index in [4.69, 9.17) is 5.73 Å². The van der Waals surface area contributed by atoms with Crippen LogP contribution in [0.2, 0.25) is 0 Å². The van der Waals surface area contributed by atoms with Crippen molar-refractivity contribution in [3.05, 3.63) is 63.4 Å². The molecule has 21 heavy (non-hydrogen) atoms. The van der Waals surface area contributed by atoms with Crippen molar-refractivity contribution in [2.75, 3.05) is 5.32 Å². The van der Waals surface area contributed by atoms with Crippen LogP contribution in [0, 0.1) is 5.82 Å². The zero-order chi connectivity index (χ0) is 15.0. The molecule has 1 aliphatic rings. The van der Waals surface area contributed by atoms with Crippen LogP contribution >= 0.6 is 15.9 Å². The molecule has 0 spiro atoms. The van der Waals surface area contributed by atoms with E-state index in [0.29, 0.717) is 11.3 Å². The Hall–Kier alpha value is -1.88. The largest absolute Gasteiger partial charge is 0.376 e. The van der Waals surface area contributed by atoms with Gasteiger partial charge in [-0.25, -0.2) is 4.39 Å². The standard InChI is InChI=1S/C16H14BrFN2O/c17-11-3-4-12-9(7-11)2-6-14(12)20-15-8-10(16(19)21)1-5-13(15)18/h1,3-5,7-8,14,20H,2,6H2,(H2,19,21). The molecule has 1 amide bonds. The van der Waals surface area contributed by atoms with E-state index in [2.05, 4.69) is 27.3 Å². The summed E-state index contributed by atoms with van der Waals surface area (Å²) in [5, 5.41) is 3.18. The molecule has 0 aliphatic heterocycles. The van der Waals surface area contributed by atoms with Gasteiger partial charge in [-0.3, -0.25) is 4.79 Å². The molecule has 2 aromatic carbocycles. The number of carbonyl (C=O) groups is 1. The van der Waals surface area contributed by atoms with Gasteiger partial charge < -0.3 is 11.1 Å². The first kappa shape index (κ1) is 14.1. The highest BCUT2D eigenvalue weighted by atomic mass is 79.9. The van der Waals surface area contributed by atoms with E-state index in [9.17, 15) is 9.18 Å². The quantitative estimate of drug-likeness (QED) is 0.886. The summed E-state index contributed by atoms with van der Waals surface area (Å²) in [6.45, 7) is 0. The van der Waals surface area contributed by atoms with Crippen LogP contribution in [0.4, 0.5) is 10.1 Å². The predicted octanol–water partition coefficient (Wildman–Crippen LogP) is 3.79. The summed E-state index contributed by atoms with van der Waals surface area (Å²) in [6.07, 6.45) is 1.84. The lowest BCUT2D eigenvalue weighted by Gasteiger charge is -2.16. The third-order valence-corrected chi connectivity index (χ3v) is 4.26. The van der Waals surface area contributed by atoms with Gasteiger partial charge in [0, 0.05) is 10.0 Å². The van der Waals surface area contributed by atoms with E-state index < -0.39 is 5.91 Å². The Labute approximate surface area is 130 Å². The van der Waals surface area contributed by atoms with Gasteiger partial charge in [-0.05, 0) is 54.3 Å². The number of carbonyl (C=O) groups excluding carboxylic acids is 1. The molecular weight excluding hydrogens is 335 g/mol. The molecule has 2 aromatic rings. The van der Waals surface area contributed by atoms with Crippen molar-refractivity contribution in [2.45, 2.75) is 18.9 Å². The Balaban J connectivity index is 1.89. The van der Waals surface area contributed by atoms with Crippen LogP contribution in [0.3, 0.4) is 0 Å². The van der Waals surface area contributed by atoms with Gasteiger partial charge in [-0.2, -0.15) is 0 Å². The minimum atomic E-state index is -0.561. The molecule has 0 saturated carbocycles. The van der Waals surface area contributed by atoms with Gasteiger partial charge in [0.1, 0.15) is 5.82 Å². The van der Waals surface area contributed by atoms with E-state index in [1.807, 2.05) is 12.1 Å². The third-order valence-electron chi connectivity index (χ3n) is 3.76. The van der Waals surface area contributed by atoms with Crippen LogP contribution in [0.15, 0.2) is 40.9 Å². The molecule has 5 heteroatoms. The van der Waals surface area contributed by atoms with Crippen molar-refractivity contribution in [1.82, 2.24) is 0 Å². The van der Waals surface area contributed by atoms with E-state index >= 15 is 0 Å². The number of halogens is 2. The molecular formula is C16H14BrFN2O. The maximum absolute atomic E-state index is 13.9. The summed E-state index contributed by atoms with van der Waals surface area (Å²) < 4.78 is 14.9. The molecule has 3 nitrogen and oxygen atoms in total. The maximum Gasteiger partial charge on any atom is 0.248 e. The van der Waals surface area contributed by atoms with Gasteiger partial charge in [-0.1, -0.05) is 22.0 Å². The van der Waals surface area contributed by atoms with Crippen LogP contribution in [0.25, 0.3) is 0 Å². The normalized spacial score (nSPS) is 16.6. The summed E-state index contributed by atoms with van der Waals surface area (Å²) in [7, 11) is 0. The average molecular weight is 349 g/mol. The van der Waals surface area contributed by atoms with E-state index in [0.717, 1.165) is 17.3 Å². The lowest BCUT2D eigenvalue weighted by molar-refractivity contribution is 0.100. The van der Waals surface area contributed by atoms with Gasteiger partial charge in [0.05, 0.1) is 11.7 Å². The Morgan fingerprint density at radius 1 is 1.29 bits per heavy atom. The van der Waals surface area contributed by atoms with Gasteiger partial charge in [-0.15, -0.1) is 0 Å². The van der Waals surface area contributed by atoms with Crippen LogP contribution in [0.5, 0.6) is 0 Å². The maximum atomic E-state index is 13.9. The minimum absolute atomic E-state index is 0.0470. The Morgan fingerprint density at radius 2 is 2.10 bits per heavy atom. The van der Waals surface area contributed by atoms with Crippen molar-refractivity contribution in [3.8, 4) is 0 Å². The summed E-state index contributed by atoms with van der Waals surface area (Å²) in [4.78, 5) is 11.2. The molecule has 108 valence electrons. The minimum Gasteiger partial charge on any atom is -0.376 e. The first-order valence-corrected chi connectivity index (χ1v) is 7.48. The zero-order valence-corrected chi connectivity index (χ0v) is 12.8. The number of nitrogens with two attached hydrogens (primary N) is 1. The molecule has 0 radical (unpaired) electrons. The van der Waals surface area contributed by atoms with E-state index in [-0.39, 0.29) is 11.9 Å². The summed E-state index contributed by atoms with van der Waals surface area (Å²) in [5.41, 5.74) is 8.28. The lowest BCUT2D eigenvalue weighted by atomic mass is 10.1. The number of primary amides is 1. The van der Waals surface area contributed by atoms with Gasteiger partial charge in [0.2, 0.25) is 5.91 Å². The Morgan fingerprint density at radius 3 is 2.86 bits per heavy atom. The zero-order valence-electron chi connectivity index (χ0n) is 11.2. The highest BCUT2D eigenvalue weighted by molar-refractivity contribution is 9.10. The number of amides is 1. The predicted molar refractivity (Wildman–Crippen MR) is 83.7 cm³/mol. The first-order chi connectivity index (χ1) is 10.0. The van der Waals surface area contributed by atoms with Gasteiger partial charge in [0.25, 0.3) is 0 Å². The van der Waals surface area contributed by atoms with E-state index in [1.54, 1.807) is 0 Å². The van der Waals surface area contributed by atoms with Gasteiger partial charge >= 0.3 is 0 Å². The molecule has 1 aliphatic carbocycles. The Kier molecular flexibility index (Phi) is 3.68. The molecule has 0 heterocycles. The second-order valence-corrected chi connectivity index (χ2v) is 6.05. The number of hydrogen-bond donors (Lipinski definition) is 2. The number of benzene rings is 2. The number of fused-ring (bicyclic) bond motifs is 1. The van der Waals surface area contributed by atoms with Crippen LogP contribution in [0.1, 0.15) is 33.9 Å². The smallest absolute Gasteiger partial charge is 0.248 e. The third kappa shape index (κ3) is 2.78. The SMILES string of the molecule is NC(=O)c1ccc(F)c(NC2CCc3cc(Br)ccc32)c1. The van der Waals surface area contributed by atoms with Crippen molar-refractivity contribution in [3.63, 3.8) is 0 Å². The van der Waals surface area contributed by atoms with Gasteiger partial charge in [0.15, 0.2) is 0 Å². The number of anilines is 1. The summed E-state index contributed by atoms with van der Waals surface area (Å²) in [5.74, 6) is -0.945. The molecule has 0 saturated heterocycles. The number of rotatable bonds is 3. The topological polar surface area (TPSA) is 55.1 Å². The van der Waals surface area contributed by atoms with Crippen LogP contribution in [-0.2, 0) is 6.42 Å². The fourth-order valence-corrected chi connectivity index (χ4v) is 3.12. The fourth-order valence-electron chi connectivity index (χ4n) is 2.71. The van der Waals surface area contributed by atoms with Crippen molar-refractivity contribution >= 4 is 27.5 Å². The molecule has 3 rings (SSSR count). The average Bonchev–Trinajstić information content (AvgIpc) is 2.83. The first-order valence-electron chi connectivity index (χ1n) is 6.69. The van der Waals surface area contributed by atoms with Crippen molar-refractivity contribution in [2.24, 2.45) is 5.73 Å². The molecule has 1 atom stereocenters. The summed E-state index contributed by atoms with van der Waals surface area (Å²) >= 11 is 3.46. The molecule has 0 bridgehead atoms. The second kappa shape index (κ2) is 5.48. The fraction of sp³-hybridized carbons (Fsp3) is 0.188. The number of nitrogens with one attached hydrogen (secondary N) is 1. The highest BCUT2D eigenvalue weighted by Gasteiger charge is 2.23. The summed E-state index contributed by atoms with van der Waals surface area (Å²) in [6, 6.07) is 10.3. The molecule has 1 unspecified atom stereocenters. The van der Waals surface area contributed by atoms with Crippen molar-refractivity contribution < 1.29 is 9.18 Å². The molecule has 0 aromatic heterocycles. The molecule has 3 N–H and O–H groups in total. The van der Waals surface area contributed by atoms with Crippen molar-refractivity contribution in [1.29, 1.82) is 0 Å². The second-order valence-electron chi connectivity index (χ2n) is 5.14. The van der Waals surface area contributed by atoms with E-state index in [1.165, 1.54) is 29.3 Å². The monoisotopic (exact) mass is 348 g/mol. The van der Waals surface area contributed by atoms with Crippen LogP contribution in [-0.4, -0.2) is 5.91 Å². The lowest BCUT2D eigenvalue weighted by Crippen LogP contribution is -2.13. The number of aryl methyl sites for hydroxylation is 1. The Bertz CT molecular complexity index is 717. The molecule has 0 fully saturated rings. The van der Waals surface area contributed by atoms with Crippen LogP contribution < -0.4 is 11.1 Å².